The van der Waals surface area contributed by atoms with Crippen LogP contribution in [0.15, 0.2) is 0 Å². The van der Waals surface area contributed by atoms with E-state index < -0.39 is 0 Å². The molecule has 1 N–H and O–H groups in total. The maximum Gasteiger partial charge on any atom is 0.0701 e. The number of ether oxygens (including phenoxy) is 3. The largest absolute Gasteiger partial charge is 0.378 e. The van der Waals surface area contributed by atoms with Crippen molar-refractivity contribution in [3.05, 3.63) is 0 Å². The van der Waals surface area contributed by atoms with Crippen molar-refractivity contribution < 1.29 is 14.2 Å². The second-order valence-corrected chi connectivity index (χ2v) is 9.05. The van der Waals surface area contributed by atoms with Gasteiger partial charge in [-0.3, -0.25) is 9.80 Å². The van der Waals surface area contributed by atoms with Crippen LogP contribution in [0.5, 0.6) is 0 Å². The van der Waals surface area contributed by atoms with Crippen molar-refractivity contribution in [1.29, 1.82) is 0 Å². The Bertz CT molecular complexity index is 345. The molecule has 156 valence electrons. The normalized spacial score (nSPS) is 17.8. The number of hydrogen-bond acceptors (Lipinski definition) is 6. The molecule has 0 atom stereocenters. The molecule has 0 saturated carbocycles. The van der Waals surface area contributed by atoms with Crippen LogP contribution in [0.25, 0.3) is 0 Å². The van der Waals surface area contributed by atoms with Gasteiger partial charge in [0.2, 0.25) is 0 Å². The van der Waals surface area contributed by atoms with Crippen LogP contribution < -0.4 is 5.32 Å². The minimum absolute atomic E-state index is 0.0357. The molecule has 0 amide bonds. The van der Waals surface area contributed by atoms with Crippen molar-refractivity contribution in [1.82, 2.24) is 15.1 Å². The van der Waals surface area contributed by atoms with Gasteiger partial charge in [0.05, 0.1) is 38.6 Å². The number of rotatable bonds is 12. The monoisotopic (exact) mass is 373 g/mol. The summed E-state index contributed by atoms with van der Waals surface area (Å²) in [4.78, 5) is 4.97. The lowest BCUT2D eigenvalue weighted by atomic mass is 10.1. The first-order valence-electron chi connectivity index (χ1n) is 10.1. The molecule has 0 unspecified atom stereocenters. The Kier molecular flexibility index (Phi) is 11.2. The Labute approximate surface area is 161 Å². The fraction of sp³-hybridized carbons (Fsp3) is 1.00. The SMILES string of the molecule is CC(C)(C)NCCOCCOCCN1CCN(CCOC(C)(C)C)CC1. The summed E-state index contributed by atoms with van der Waals surface area (Å²) < 4.78 is 17.1. The zero-order valence-electron chi connectivity index (χ0n) is 18.1. The summed E-state index contributed by atoms with van der Waals surface area (Å²) in [6.07, 6.45) is 0. The summed E-state index contributed by atoms with van der Waals surface area (Å²) in [5.41, 5.74) is 0.121. The zero-order chi connectivity index (χ0) is 19.5. The van der Waals surface area contributed by atoms with E-state index in [2.05, 4.69) is 56.7 Å². The first-order chi connectivity index (χ1) is 12.2. The molecule has 1 aliphatic rings. The number of hydrogen-bond donors (Lipinski definition) is 1. The molecule has 1 heterocycles. The molecule has 0 spiro atoms. The molecule has 0 aromatic heterocycles. The molecule has 1 saturated heterocycles. The average molecular weight is 374 g/mol. The van der Waals surface area contributed by atoms with Crippen LogP contribution in [-0.2, 0) is 14.2 Å². The van der Waals surface area contributed by atoms with Gasteiger partial charge in [-0.15, -0.1) is 0 Å². The van der Waals surface area contributed by atoms with Crippen LogP contribution in [0.3, 0.4) is 0 Å². The van der Waals surface area contributed by atoms with Crippen molar-refractivity contribution in [3.63, 3.8) is 0 Å². The fourth-order valence-corrected chi connectivity index (χ4v) is 2.73. The highest BCUT2D eigenvalue weighted by atomic mass is 16.5. The molecule has 1 rings (SSSR count). The molecule has 0 radical (unpaired) electrons. The predicted molar refractivity (Wildman–Crippen MR) is 108 cm³/mol. The van der Waals surface area contributed by atoms with Gasteiger partial charge in [-0.25, -0.2) is 0 Å². The predicted octanol–water partition coefficient (Wildman–Crippen LogP) is 1.84. The zero-order valence-corrected chi connectivity index (χ0v) is 18.1. The maximum absolute atomic E-state index is 5.81. The molecule has 1 aliphatic heterocycles. The quantitative estimate of drug-likeness (QED) is 0.527. The second-order valence-electron chi connectivity index (χ2n) is 9.05. The summed E-state index contributed by atoms with van der Waals surface area (Å²) in [6.45, 7) is 23.9. The van der Waals surface area contributed by atoms with Crippen LogP contribution in [0.1, 0.15) is 41.5 Å². The molecule has 0 aromatic rings. The number of nitrogens with zero attached hydrogens (tertiary/aromatic N) is 2. The van der Waals surface area contributed by atoms with Crippen LogP contribution in [0, 0.1) is 0 Å². The highest BCUT2D eigenvalue weighted by molar-refractivity contribution is 4.72. The van der Waals surface area contributed by atoms with Gasteiger partial charge in [-0.2, -0.15) is 0 Å². The van der Waals surface area contributed by atoms with Gasteiger partial charge in [0.25, 0.3) is 0 Å². The molecule has 6 heteroatoms. The Morgan fingerprint density at radius 2 is 1.19 bits per heavy atom. The van der Waals surface area contributed by atoms with Crippen LogP contribution >= 0.6 is 0 Å². The summed E-state index contributed by atoms with van der Waals surface area (Å²) in [5.74, 6) is 0. The first kappa shape index (κ1) is 23.8. The third-order valence-electron chi connectivity index (χ3n) is 4.23. The van der Waals surface area contributed by atoms with Crippen LogP contribution in [0.2, 0.25) is 0 Å². The van der Waals surface area contributed by atoms with E-state index in [1.54, 1.807) is 0 Å². The Balaban J connectivity index is 1.89. The van der Waals surface area contributed by atoms with Gasteiger partial charge in [0.1, 0.15) is 0 Å². The third-order valence-corrected chi connectivity index (χ3v) is 4.23. The van der Waals surface area contributed by atoms with E-state index in [0.717, 1.165) is 65.6 Å². The highest BCUT2D eigenvalue weighted by Crippen LogP contribution is 2.07. The number of piperazine rings is 1. The summed E-state index contributed by atoms with van der Waals surface area (Å²) in [5, 5.41) is 3.41. The second kappa shape index (κ2) is 12.3. The van der Waals surface area contributed by atoms with Crippen LogP contribution in [0.4, 0.5) is 0 Å². The van der Waals surface area contributed by atoms with E-state index in [0.29, 0.717) is 13.2 Å². The van der Waals surface area contributed by atoms with Crippen molar-refractivity contribution in [2.24, 2.45) is 0 Å². The van der Waals surface area contributed by atoms with E-state index >= 15 is 0 Å². The van der Waals surface area contributed by atoms with Crippen molar-refractivity contribution in [3.8, 4) is 0 Å². The molecule has 0 aliphatic carbocycles. The first-order valence-corrected chi connectivity index (χ1v) is 10.1. The number of nitrogens with one attached hydrogen (secondary N) is 1. The van der Waals surface area contributed by atoms with E-state index in [1.807, 2.05) is 0 Å². The van der Waals surface area contributed by atoms with Crippen LogP contribution in [-0.4, -0.2) is 99.8 Å². The smallest absolute Gasteiger partial charge is 0.0701 e. The Morgan fingerprint density at radius 1 is 0.692 bits per heavy atom. The summed E-state index contributed by atoms with van der Waals surface area (Å²) >= 11 is 0. The van der Waals surface area contributed by atoms with Crippen molar-refractivity contribution >= 4 is 0 Å². The molecule has 26 heavy (non-hydrogen) atoms. The summed E-state index contributed by atoms with van der Waals surface area (Å²) in [6, 6.07) is 0. The molecule has 0 bridgehead atoms. The highest BCUT2D eigenvalue weighted by Gasteiger charge is 2.17. The Morgan fingerprint density at radius 3 is 1.69 bits per heavy atom. The van der Waals surface area contributed by atoms with Gasteiger partial charge >= 0.3 is 0 Å². The molecule has 6 nitrogen and oxygen atoms in total. The molecule has 1 fully saturated rings. The van der Waals surface area contributed by atoms with Gasteiger partial charge in [-0.05, 0) is 41.5 Å². The van der Waals surface area contributed by atoms with E-state index in [9.17, 15) is 0 Å². The fourth-order valence-electron chi connectivity index (χ4n) is 2.73. The van der Waals surface area contributed by atoms with E-state index in [4.69, 9.17) is 14.2 Å². The van der Waals surface area contributed by atoms with Gasteiger partial charge in [0, 0.05) is 51.4 Å². The lowest BCUT2D eigenvalue weighted by molar-refractivity contribution is -0.0193. The van der Waals surface area contributed by atoms with Gasteiger partial charge < -0.3 is 19.5 Å². The van der Waals surface area contributed by atoms with Crippen molar-refractivity contribution in [2.45, 2.75) is 52.7 Å². The standard InChI is InChI=1S/C20H43N3O3/c1-19(2,3)21-7-14-24-17-18-25-15-12-22-8-10-23(11-9-22)13-16-26-20(4,5)6/h21H,7-18H2,1-6H3. The molecule has 0 aromatic carbocycles. The van der Waals surface area contributed by atoms with Crippen molar-refractivity contribution in [2.75, 3.05) is 78.8 Å². The third kappa shape index (κ3) is 13.9. The maximum atomic E-state index is 5.81. The average Bonchev–Trinajstić information content (AvgIpc) is 2.52. The topological polar surface area (TPSA) is 46.2 Å². The van der Waals surface area contributed by atoms with Gasteiger partial charge in [0.15, 0.2) is 0 Å². The van der Waals surface area contributed by atoms with E-state index in [-0.39, 0.29) is 11.1 Å². The lowest BCUT2D eigenvalue weighted by Crippen LogP contribution is -2.48. The van der Waals surface area contributed by atoms with Gasteiger partial charge in [-0.1, -0.05) is 0 Å². The minimum atomic E-state index is -0.0357. The van der Waals surface area contributed by atoms with E-state index in [1.165, 1.54) is 0 Å². The summed E-state index contributed by atoms with van der Waals surface area (Å²) in [7, 11) is 0. The Hall–Kier alpha value is -0.240. The molecular formula is C20H43N3O3. The lowest BCUT2D eigenvalue weighted by Gasteiger charge is -2.35. The minimum Gasteiger partial charge on any atom is -0.378 e. The molecular weight excluding hydrogens is 330 g/mol.